The Labute approximate surface area is 183 Å². The summed E-state index contributed by atoms with van der Waals surface area (Å²) in [6.45, 7) is 1.84. The SMILES string of the molecule is COc1ccc(Cl)cc1C(=O)Nc1ccc(NC(=O)c2cc3ccccc3o2)c(C)c1. The Balaban J connectivity index is 1.49. The summed E-state index contributed by atoms with van der Waals surface area (Å²) < 4.78 is 10.8. The minimum Gasteiger partial charge on any atom is -0.496 e. The quantitative estimate of drug-likeness (QED) is 0.409. The van der Waals surface area contributed by atoms with Crippen molar-refractivity contribution in [2.75, 3.05) is 17.7 Å². The molecule has 3 aromatic carbocycles. The zero-order valence-electron chi connectivity index (χ0n) is 16.9. The number of benzene rings is 3. The third-order valence-electron chi connectivity index (χ3n) is 4.79. The van der Waals surface area contributed by atoms with Gasteiger partial charge in [0, 0.05) is 21.8 Å². The van der Waals surface area contributed by atoms with E-state index in [9.17, 15) is 9.59 Å². The van der Waals surface area contributed by atoms with Crippen molar-refractivity contribution >= 4 is 45.8 Å². The van der Waals surface area contributed by atoms with Crippen molar-refractivity contribution in [1.29, 1.82) is 0 Å². The maximum atomic E-state index is 12.7. The number of furan rings is 1. The zero-order chi connectivity index (χ0) is 22.0. The minimum atomic E-state index is -0.349. The number of para-hydroxylation sites is 1. The van der Waals surface area contributed by atoms with Crippen LogP contribution in [0.5, 0.6) is 5.75 Å². The summed E-state index contributed by atoms with van der Waals surface area (Å²) in [7, 11) is 1.49. The molecule has 1 aromatic heterocycles. The number of rotatable bonds is 5. The molecule has 31 heavy (non-hydrogen) atoms. The van der Waals surface area contributed by atoms with Gasteiger partial charge in [-0.15, -0.1) is 0 Å². The van der Waals surface area contributed by atoms with E-state index in [0.29, 0.717) is 33.3 Å². The summed E-state index contributed by atoms with van der Waals surface area (Å²) in [6.07, 6.45) is 0. The van der Waals surface area contributed by atoms with Crippen LogP contribution in [-0.4, -0.2) is 18.9 Å². The first-order valence-electron chi connectivity index (χ1n) is 9.50. The molecule has 7 heteroatoms. The van der Waals surface area contributed by atoms with Gasteiger partial charge in [0.25, 0.3) is 11.8 Å². The first-order chi connectivity index (χ1) is 14.9. The normalized spacial score (nSPS) is 10.7. The Morgan fingerprint density at radius 3 is 2.48 bits per heavy atom. The summed E-state index contributed by atoms with van der Waals surface area (Å²) in [5.41, 5.74) is 2.95. The molecule has 0 unspecified atom stereocenters. The average Bonchev–Trinajstić information content (AvgIpc) is 3.20. The second-order valence-electron chi connectivity index (χ2n) is 6.93. The Bertz CT molecular complexity index is 1260. The zero-order valence-corrected chi connectivity index (χ0v) is 17.6. The van der Waals surface area contributed by atoms with Crippen molar-refractivity contribution in [1.82, 2.24) is 0 Å². The van der Waals surface area contributed by atoms with E-state index in [0.717, 1.165) is 10.9 Å². The van der Waals surface area contributed by atoms with Crippen molar-refractivity contribution in [2.45, 2.75) is 6.92 Å². The number of aryl methyl sites for hydroxylation is 1. The molecule has 6 nitrogen and oxygen atoms in total. The molecule has 156 valence electrons. The first kappa shape index (κ1) is 20.5. The molecule has 0 saturated carbocycles. The summed E-state index contributed by atoms with van der Waals surface area (Å²) in [6, 6.07) is 19.2. The molecule has 0 aliphatic carbocycles. The molecule has 4 aromatic rings. The number of amides is 2. The van der Waals surface area contributed by atoms with Gasteiger partial charge in [0.15, 0.2) is 5.76 Å². The monoisotopic (exact) mass is 434 g/mol. The van der Waals surface area contributed by atoms with E-state index in [-0.39, 0.29) is 17.6 Å². The number of anilines is 2. The third-order valence-corrected chi connectivity index (χ3v) is 5.02. The van der Waals surface area contributed by atoms with Gasteiger partial charge in [0.2, 0.25) is 0 Å². The predicted octanol–water partition coefficient (Wildman–Crippen LogP) is 5.91. The van der Waals surface area contributed by atoms with Crippen LogP contribution >= 0.6 is 11.6 Å². The van der Waals surface area contributed by atoms with Gasteiger partial charge in [-0.2, -0.15) is 0 Å². The van der Waals surface area contributed by atoms with Crippen LogP contribution in [0.1, 0.15) is 26.5 Å². The number of nitrogens with one attached hydrogen (secondary N) is 2. The van der Waals surface area contributed by atoms with Gasteiger partial charge in [-0.1, -0.05) is 29.8 Å². The molecular weight excluding hydrogens is 416 g/mol. The number of methoxy groups -OCH3 is 1. The number of fused-ring (bicyclic) bond motifs is 1. The van der Waals surface area contributed by atoms with Gasteiger partial charge in [0.1, 0.15) is 11.3 Å². The van der Waals surface area contributed by atoms with Gasteiger partial charge in [-0.25, -0.2) is 0 Å². The number of hydrogen-bond donors (Lipinski definition) is 2. The molecule has 0 spiro atoms. The number of halogens is 1. The lowest BCUT2D eigenvalue weighted by Gasteiger charge is -2.12. The third kappa shape index (κ3) is 4.39. The Morgan fingerprint density at radius 1 is 0.935 bits per heavy atom. The summed E-state index contributed by atoms with van der Waals surface area (Å²) in [5, 5.41) is 6.96. The Hall–Kier alpha value is -3.77. The molecule has 1 heterocycles. The van der Waals surface area contributed by atoms with E-state index in [2.05, 4.69) is 10.6 Å². The van der Waals surface area contributed by atoms with Crippen LogP contribution in [0, 0.1) is 6.92 Å². The highest BCUT2D eigenvalue weighted by Crippen LogP contribution is 2.26. The first-order valence-corrected chi connectivity index (χ1v) is 9.88. The Morgan fingerprint density at radius 2 is 1.74 bits per heavy atom. The highest BCUT2D eigenvalue weighted by atomic mass is 35.5. The maximum absolute atomic E-state index is 12.7. The van der Waals surface area contributed by atoms with Crippen LogP contribution in [0.4, 0.5) is 11.4 Å². The predicted molar refractivity (Wildman–Crippen MR) is 121 cm³/mol. The fourth-order valence-corrected chi connectivity index (χ4v) is 3.39. The molecule has 0 bridgehead atoms. The lowest BCUT2D eigenvalue weighted by Crippen LogP contribution is -2.14. The number of carbonyl (C=O) groups is 2. The van der Waals surface area contributed by atoms with Crippen LogP contribution in [0.25, 0.3) is 11.0 Å². The summed E-state index contributed by atoms with van der Waals surface area (Å²) in [4.78, 5) is 25.2. The molecule has 0 saturated heterocycles. The molecule has 2 amide bonds. The smallest absolute Gasteiger partial charge is 0.291 e. The topological polar surface area (TPSA) is 80.6 Å². The van der Waals surface area contributed by atoms with E-state index >= 15 is 0 Å². The van der Waals surface area contributed by atoms with Crippen LogP contribution in [0.2, 0.25) is 5.02 Å². The second kappa shape index (κ2) is 8.53. The fourth-order valence-electron chi connectivity index (χ4n) is 3.22. The van der Waals surface area contributed by atoms with Crippen LogP contribution in [-0.2, 0) is 0 Å². The van der Waals surface area contributed by atoms with Gasteiger partial charge >= 0.3 is 0 Å². The second-order valence-corrected chi connectivity index (χ2v) is 7.37. The van der Waals surface area contributed by atoms with Crippen LogP contribution in [0.3, 0.4) is 0 Å². The van der Waals surface area contributed by atoms with Crippen molar-refractivity contribution in [3.05, 3.63) is 88.6 Å². The van der Waals surface area contributed by atoms with Crippen molar-refractivity contribution in [2.24, 2.45) is 0 Å². The van der Waals surface area contributed by atoms with Crippen LogP contribution in [0.15, 0.2) is 71.1 Å². The summed E-state index contributed by atoms with van der Waals surface area (Å²) >= 11 is 6.01. The van der Waals surface area contributed by atoms with Crippen molar-refractivity contribution < 1.29 is 18.7 Å². The largest absolute Gasteiger partial charge is 0.496 e. The molecule has 0 atom stereocenters. The Kier molecular flexibility index (Phi) is 5.64. The van der Waals surface area contributed by atoms with E-state index in [1.807, 2.05) is 31.2 Å². The summed E-state index contributed by atoms with van der Waals surface area (Å²) in [5.74, 6) is -0.0445. The highest BCUT2D eigenvalue weighted by molar-refractivity contribution is 6.31. The standard InChI is InChI=1S/C24H19ClN2O4/c1-14-11-17(26-23(28)18-13-16(25)7-10-21(18)30-2)8-9-19(14)27-24(29)22-12-15-5-3-4-6-20(15)31-22/h3-13H,1-2H3,(H,26,28)(H,27,29). The number of hydrogen-bond acceptors (Lipinski definition) is 4. The lowest BCUT2D eigenvalue weighted by molar-refractivity contribution is 0.0996. The number of carbonyl (C=O) groups excluding carboxylic acids is 2. The molecule has 0 radical (unpaired) electrons. The van der Waals surface area contributed by atoms with Crippen molar-refractivity contribution in [3.8, 4) is 5.75 Å². The average molecular weight is 435 g/mol. The van der Waals surface area contributed by atoms with E-state index < -0.39 is 0 Å². The fraction of sp³-hybridized carbons (Fsp3) is 0.0833. The van der Waals surface area contributed by atoms with E-state index in [1.165, 1.54) is 7.11 Å². The molecule has 0 fully saturated rings. The van der Waals surface area contributed by atoms with Gasteiger partial charge in [-0.05, 0) is 61.0 Å². The van der Waals surface area contributed by atoms with Gasteiger partial charge in [0.05, 0.1) is 12.7 Å². The maximum Gasteiger partial charge on any atom is 0.291 e. The molecular formula is C24H19ClN2O4. The van der Waals surface area contributed by atoms with E-state index in [4.69, 9.17) is 20.8 Å². The van der Waals surface area contributed by atoms with Crippen LogP contribution < -0.4 is 15.4 Å². The van der Waals surface area contributed by atoms with E-state index in [1.54, 1.807) is 42.5 Å². The molecule has 0 aliphatic heterocycles. The highest BCUT2D eigenvalue weighted by Gasteiger charge is 2.16. The van der Waals surface area contributed by atoms with Gasteiger partial charge in [-0.3, -0.25) is 9.59 Å². The van der Waals surface area contributed by atoms with Gasteiger partial charge < -0.3 is 19.8 Å². The molecule has 0 aliphatic rings. The minimum absolute atomic E-state index is 0.228. The number of ether oxygens (including phenoxy) is 1. The molecule has 2 N–H and O–H groups in total. The lowest BCUT2D eigenvalue weighted by atomic mass is 10.1. The molecule has 4 rings (SSSR count). The van der Waals surface area contributed by atoms with Crippen molar-refractivity contribution in [3.63, 3.8) is 0 Å².